The molecule has 0 fully saturated rings. The molecule has 0 aliphatic carbocycles. The Morgan fingerprint density at radius 2 is 2.38 bits per heavy atom. The molecule has 0 aliphatic rings. The molecule has 0 aromatic rings. The van der Waals surface area contributed by atoms with Gasteiger partial charge in [0.25, 0.3) is 0 Å². The largest absolute Gasteiger partial charge is 0.480 e. The molecule has 3 N–H and O–H groups in total. The van der Waals surface area contributed by atoms with Crippen LogP contribution in [0.25, 0.3) is 0 Å². The summed E-state index contributed by atoms with van der Waals surface area (Å²) in [7, 11) is 0. The van der Waals surface area contributed by atoms with Crippen LogP contribution < -0.4 is 10.6 Å². The molecule has 1 atom stereocenters. The van der Waals surface area contributed by atoms with Crippen molar-refractivity contribution in [1.82, 2.24) is 10.6 Å². The lowest BCUT2D eigenvalue weighted by atomic mass is 10.3. The van der Waals surface area contributed by atoms with E-state index in [9.17, 15) is 4.79 Å². The molecule has 74 valence electrons. The summed E-state index contributed by atoms with van der Waals surface area (Å²) in [5, 5.41) is 14.3. The fraction of sp³-hybridized carbons (Fsp3) is 0.429. The highest BCUT2D eigenvalue weighted by atomic mass is 32.1. The van der Waals surface area contributed by atoms with Crippen molar-refractivity contribution in [3.63, 3.8) is 0 Å². The molecular formula is C7H12N2O2S2. The van der Waals surface area contributed by atoms with E-state index in [0.717, 1.165) is 0 Å². The van der Waals surface area contributed by atoms with Gasteiger partial charge < -0.3 is 15.7 Å². The minimum absolute atomic E-state index is 0.186. The van der Waals surface area contributed by atoms with Crippen LogP contribution >= 0.6 is 24.8 Å². The van der Waals surface area contributed by atoms with Crippen LogP contribution in [0.15, 0.2) is 12.7 Å². The maximum absolute atomic E-state index is 10.5. The summed E-state index contributed by atoms with van der Waals surface area (Å²) in [6.45, 7) is 3.99. The molecule has 13 heavy (non-hydrogen) atoms. The molecule has 0 aromatic carbocycles. The first-order valence-electron chi connectivity index (χ1n) is 3.60. The predicted octanol–water partition coefficient (Wildman–Crippen LogP) is 0.0195. The van der Waals surface area contributed by atoms with Crippen molar-refractivity contribution >= 4 is 35.9 Å². The third kappa shape index (κ3) is 5.48. The molecule has 4 nitrogen and oxygen atoms in total. The summed E-state index contributed by atoms with van der Waals surface area (Å²) in [5.74, 6) is -0.789. The second kappa shape index (κ2) is 6.73. The van der Waals surface area contributed by atoms with Gasteiger partial charge in [0, 0.05) is 12.3 Å². The Labute approximate surface area is 87.8 Å². The molecule has 0 rings (SSSR count). The van der Waals surface area contributed by atoms with E-state index in [2.05, 4.69) is 29.8 Å². The zero-order valence-electron chi connectivity index (χ0n) is 6.99. The zero-order chi connectivity index (χ0) is 10.3. The first-order valence-corrected chi connectivity index (χ1v) is 4.64. The maximum Gasteiger partial charge on any atom is 0.327 e. The molecule has 0 heterocycles. The van der Waals surface area contributed by atoms with E-state index >= 15 is 0 Å². The smallest absolute Gasteiger partial charge is 0.327 e. The second-order valence-corrected chi connectivity index (χ2v) is 2.99. The van der Waals surface area contributed by atoms with Gasteiger partial charge >= 0.3 is 5.97 Å². The number of hydrogen-bond acceptors (Lipinski definition) is 3. The van der Waals surface area contributed by atoms with E-state index in [1.165, 1.54) is 0 Å². The van der Waals surface area contributed by atoms with Crippen molar-refractivity contribution in [2.75, 3.05) is 12.3 Å². The van der Waals surface area contributed by atoms with Gasteiger partial charge in [-0.1, -0.05) is 6.08 Å². The molecule has 0 spiro atoms. The molecule has 0 saturated carbocycles. The van der Waals surface area contributed by atoms with Crippen LogP contribution in [0, 0.1) is 0 Å². The fourth-order valence-corrected chi connectivity index (χ4v) is 1.03. The number of rotatable bonds is 5. The Kier molecular flexibility index (Phi) is 6.34. The second-order valence-electron chi connectivity index (χ2n) is 2.22. The van der Waals surface area contributed by atoms with Gasteiger partial charge in [0.1, 0.15) is 6.04 Å². The van der Waals surface area contributed by atoms with Crippen LogP contribution in [0.4, 0.5) is 0 Å². The fourth-order valence-electron chi connectivity index (χ4n) is 0.560. The minimum Gasteiger partial charge on any atom is -0.480 e. The first-order chi connectivity index (χ1) is 6.11. The van der Waals surface area contributed by atoms with E-state index in [1.54, 1.807) is 6.08 Å². The molecule has 0 bridgehead atoms. The number of carbonyl (C=O) groups is 1. The zero-order valence-corrected chi connectivity index (χ0v) is 8.70. The van der Waals surface area contributed by atoms with Gasteiger partial charge in [-0.25, -0.2) is 4.79 Å². The Morgan fingerprint density at radius 3 is 2.77 bits per heavy atom. The topological polar surface area (TPSA) is 61.4 Å². The molecule has 0 unspecified atom stereocenters. The quantitative estimate of drug-likeness (QED) is 0.299. The summed E-state index contributed by atoms with van der Waals surface area (Å²) < 4.78 is 0. The summed E-state index contributed by atoms with van der Waals surface area (Å²) in [6.07, 6.45) is 1.63. The Morgan fingerprint density at radius 1 is 1.77 bits per heavy atom. The number of thiocarbonyl (C=S) groups is 1. The number of carboxylic acid groups (broad SMARTS) is 1. The Bertz CT molecular complexity index is 209. The van der Waals surface area contributed by atoms with Crippen molar-refractivity contribution in [2.24, 2.45) is 0 Å². The van der Waals surface area contributed by atoms with E-state index < -0.39 is 12.0 Å². The summed E-state index contributed by atoms with van der Waals surface area (Å²) >= 11 is 8.68. The lowest BCUT2D eigenvalue weighted by Gasteiger charge is -2.14. The standard InChI is InChI=1S/C7H12N2O2S2/c1-2-3-8-7(13)9-5(4-12)6(10)11/h2,5,12H,1,3-4H2,(H,10,11)(H2,8,9,13)/t5-/m0/s1. The molecule has 0 aromatic heterocycles. The van der Waals surface area contributed by atoms with Gasteiger partial charge in [-0.15, -0.1) is 6.58 Å². The molecule has 0 aliphatic heterocycles. The minimum atomic E-state index is -0.974. The van der Waals surface area contributed by atoms with E-state index in [4.69, 9.17) is 17.3 Å². The lowest BCUT2D eigenvalue weighted by Crippen LogP contribution is -2.46. The SMILES string of the molecule is C=CCNC(=S)N[C@@H](CS)C(=O)O. The summed E-state index contributed by atoms with van der Waals surface area (Å²) in [6, 6.07) is -0.756. The third-order valence-corrected chi connectivity index (χ3v) is 1.82. The van der Waals surface area contributed by atoms with E-state index in [0.29, 0.717) is 11.7 Å². The summed E-state index contributed by atoms with van der Waals surface area (Å²) in [5.41, 5.74) is 0. The van der Waals surface area contributed by atoms with Gasteiger partial charge in [-0.2, -0.15) is 12.6 Å². The van der Waals surface area contributed by atoms with Gasteiger partial charge in [0.05, 0.1) is 0 Å². The molecule has 0 radical (unpaired) electrons. The highest BCUT2D eigenvalue weighted by Crippen LogP contribution is 1.87. The van der Waals surface area contributed by atoms with Crippen LogP contribution in [0.3, 0.4) is 0 Å². The average molecular weight is 220 g/mol. The molecule has 0 amide bonds. The average Bonchev–Trinajstić information content (AvgIpc) is 2.10. The number of nitrogens with one attached hydrogen (secondary N) is 2. The Hall–Kier alpha value is -0.750. The van der Waals surface area contributed by atoms with Crippen molar-refractivity contribution in [3.8, 4) is 0 Å². The number of carboxylic acids is 1. The lowest BCUT2D eigenvalue weighted by molar-refractivity contribution is -0.138. The monoisotopic (exact) mass is 220 g/mol. The van der Waals surface area contributed by atoms with Gasteiger partial charge in [-0.3, -0.25) is 0 Å². The van der Waals surface area contributed by atoms with Gasteiger partial charge in [0.2, 0.25) is 0 Å². The van der Waals surface area contributed by atoms with E-state index in [1.807, 2.05) is 0 Å². The van der Waals surface area contributed by atoms with Crippen LogP contribution in [0.1, 0.15) is 0 Å². The van der Waals surface area contributed by atoms with Crippen LogP contribution in [0.5, 0.6) is 0 Å². The van der Waals surface area contributed by atoms with Crippen molar-refractivity contribution < 1.29 is 9.90 Å². The molecular weight excluding hydrogens is 208 g/mol. The normalized spacial score (nSPS) is 11.5. The molecule has 6 heteroatoms. The van der Waals surface area contributed by atoms with Crippen LogP contribution in [-0.2, 0) is 4.79 Å². The number of thiol groups is 1. The number of aliphatic carboxylic acids is 1. The summed E-state index contributed by atoms with van der Waals surface area (Å²) in [4.78, 5) is 10.5. The maximum atomic E-state index is 10.5. The Balaban J connectivity index is 3.86. The van der Waals surface area contributed by atoms with Gasteiger partial charge in [0.15, 0.2) is 5.11 Å². The molecule has 0 saturated heterocycles. The predicted molar refractivity (Wildman–Crippen MR) is 59.2 cm³/mol. The van der Waals surface area contributed by atoms with Gasteiger partial charge in [-0.05, 0) is 12.2 Å². The van der Waals surface area contributed by atoms with E-state index in [-0.39, 0.29) is 5.75 Å². The highest BCUT2D eigenvalue weighted by molar-refractivity contribution is 7.80. The highest BCUT2D eigenvalue weighted by Gasteiger charge is 2.15. The third-order valence-electron chi connectivity index (χ3n) is 1.19. The van der Waals surface area contributed by atoms with Crippen molar-refractivity contribution in [2.45, 2.75) is 6.04 Å². The van der Waals surface area contributed by atoms with Crippen LogP contribution in [0.2, 0.25) is 0 Å². The first kappa shape index (κ1) is 12.2. The number of hydrogen-bond donors (Lipinski definition) is 4. The van der Waals surface area contributed by atoms with Crippen molar-refractivity contribution in [1.29, 1.82) is 0 Å². The van der Waals surface area contributed by atoms with Crippen LogP contribution in [-0.4, -0.2) is 34.5 Å². The van der Waals surface area contributed by atoms with Crippen molar-refractivity contribution in [3.05, 3.63) is 12.7 Å².